The number of anilines is 1. The number of carbonyl (C=O) groups is 1. The van der Waals surface area contributed by atoms with Crippen molar-refractivity contribution in [3.05, 3.63) is 66.0 Å². The van der Waals surface area contributed by atoms with Crippen LogP contribution in [0.4, 0.5) is 10.1 Å². The molecule has 1 fully saturated rings. The molecule has 0 atom stereocenters. The van der Waals surface area contributed by atoms with Gasteiger partial charge in [0.25, 0.3) is 10.2 Å². The summed E-state index contributed by atoms with van der Waals surface area (Å²) in [5.41, 5.74) is 1.32. The first kappa shape index (κ1) is 18.5. The van der Waals surface area contributed by atoms with E-state index in [-0.39, 0.29) is 13.1 Å². The van der Waals surface area contributed by atoms with Crippen molar-refractivity contribution in [2.75, 3.05) is 25.0 Å². The quantitative estimate of drug-likeness (QED) is 0.869. The summed E-state index contributed by atoms with van der Waals surface area (Å²) in [5, 5.41) is 2.59. The summed E-state index contributed by atoms with van der Waals surface area (Å²) in [6.07, 6.45) is 0.649. The Morgan fingerprint density at radius 2 is 1.65 bits per heavy atom. The third kappa shape index (κ3) is 4.46. The van der Waals surface area contributed by atoms with Gasteiger partial charge in [0.1, 0.15) is 5.82 Å². The monoisotopic (exact) mass is 377 g/mol. The zero-order valence-corrected chi connectivity index (χ0v) is 15.0. The second kappa shape index (κ2) is 7.94. The highest BCUT2D eigenvalue weighted by molar-refractivity contribution is 7.86. The van der Waals surface area contributed by atoms with Gasteiger partial charge in [0.05, 0.1) is 6.54 Å². The van der Waals surface area contributed by atoms with Gasteiger partial charge in [-0.1, -0.05) is 30.3 Å². The molecule has 1 aliphatic heterocycles. The molecule has 1 N–H and O–H groups in total. The van der Waals surface area contributed by atoms with Crippen molar-refractivity contribution in [2.45, 2.75) is 13.0 Å². The lowest BCUT2D eigenvalue weighted by Gasteiger charge is -2.34. The fourth-order valence-corrected chi connectivity index (χ4v) is 4.46. The lowest BCUT2D eigenvalue weighted by molar-refractivity contribution is -0.116. The number of carbonyl (C=O) groups excluding carboxylic acids is 1. The average Bonchev–Trinajstić information content (AvgIpc) is 2.61. The number of halogens is 1. The standard InChI is InChI=1S/C18H20FN3O3S/c19-16-7-9-17(10-8-16)20-18(23)14-22-12-4-11-21(26(22,24)25)13-15-5-2-1-3-6-15/h1-3,5-10H,4,11-14H2,(H,20,23). The third-order valence-corrected chi connectivity index (χ3v) is 6.05. The Kier molecular flexibility index (Phi) is 5.65. The molecule has 0 radical (unpaired) electrons. The fraction of sp³-hybridized carbons (Fsp3) is 0.278. The number of amides is 1. The third-order valence-electron chi connectivity index (χ3n) is 4.12. The van der Waals surface area contributed by atoms with Crippen molar-refractivity contribution in [3.63, 3.8) is 0 Å². The SMILES string of the molecule is O=C(CN1CCCN(Cc2ccccc2)S1(=O)=O)Nc1ccc(F)cc1. The summed E-state index contributed by atoms with van der Waals surface area (Å²) in [6.45, 7) is 0.724. The van der Waals surface area contributed by atoms with Gasteiger partial charge in [-0.25, -0.2) is 4.39 Å². The minimum absolute atomic E-state index is 0.273. The second-order valence-electron chi connectivity index (χ2n) is 6.07. The van der Waals surface area contributed by atoms with Gasteiger partial charge in [0.15, 0.2) is 0 Å². The van der Waals surface area contributed by atoms with Crippen LogP contribution in [0.1, 0.15) is 12.0 Å². The summed E-state index contributed by atoms with van der Waals surface area (Å²) in [4.78, 5) is 12.2. The van der Waals surface area contributed by atoms with Crippen LogP contribution in [-0.2, 0) is 21.5 Å². The maximum Gasteiger partial charge on any atom is 0.282 e. The summed E-state index contributed by atoms with van der Waals surface area (Å²) in [6, 6.07) is 14.7. The summed E-state index contributed by atoms with van der Waals surface area (Å²) < 4.78 is 41.0. The molecule has 0 aromatic heterocycles. The Morgan fingerprint density at radius 1 is 1.00 bits per heavy atom. The van der Waals surface area contributed by atoms with Gasteiger partial charge in [-0.05, 0) is 36.2 Å². The minimum atomic E-state index is -3.71. The Morgan fingerprint density at radius 3 is 2.35 bits per heavy atom. The van der Waals surface area contributed by atoms with Gasteiger partial charge in [-0.3, -0.25) is 4.79 Å². The first-order valence-corrected chi connectivity index (χ1v) is 9.69. The van der Waals surface area contributed by atoms with E-state index in [1.165, 1.54) is 32.9 Å². The highest BCUT2D eigenvalue weighted by Crippen LogP contribution is 2.19. The van der Waals surface area contributed by atoms with Crippen LogP contribution in [0.2, 0.25) is 0 Å². The predicted molar refractivity (Wildman–Crippen MR) is 97.0 cm³/mol. The van der Waals surface area contributed by atoms with Gasteiger partial charge < -0.3 is 5.32 Å². The highest BCUT2D eigenvalue weighted by Gasteiger charge is 2.34. The molecule has 26 heavy (non-hydrogen) atoms. The molecule has 2 aromatic rings. The first-order chi connectivity index (χ1) is 12.4. The van der Waals surface area contributed by atoms with Crippen molar-refractivity contribution < 1.29 is 17.6 Å². The van der Waals surface area contributed by atoms with Crippen molar-refractivity contribution in [2.24, 2.45) is 0 Å². The molecule has 1 aliphatic rings. The minimum Gasteiger partial charge on any atom is -0.325 e. The van der Waals surface area contributed by atoms with E-state index < -0.39 is 21.9 Å². The van der Waals surface area contributed by atoms with E-state index in [0.717, 1.165) is 5.56 Å². The number of rotatable bonds is 5. The summed E-state index contributed by atoms with van der Waals surface area (Å²) in [7, 11) is -3.71. The second-order valence-corrected chi connectivity index (χ2v) is 8.00. The van der Waals surface area contributed by atoms with Gasteiger partial charge in [0, 0.05) is 25.3 Å². The maximum atomic E-state index is 12.9. The van der Waals surface area contributed by atoms with Gasteiger partial charge in [-0.2, -0.15) is 17.0 Å². The number of hydrogen-bond donors (Lipinski definition) is 1. The van der Waals surface area contributed by atoms with Crippen LogP contribution in [-0.4, -0.2) is 42.6 Å². The largest absolute Gasteiger partial charge is 0.325 e. The Balaban J connectivity index is 1.65. The Labute approximate surface area is 152 Å². The molecule has 0 spiro atoms. The van der Waals surface area contributed by atoms with Crippen LogP contribution < -0.4 is 5.32 Å². The Hall–Kier alpha value is -2.29. The molecule has 3 rings (SSSR count). The number of benzene rings is 2. The van der Waals surface area contributed by atoms with Crippen molar-refractivity contribution in [1.82, 2.24) is 8.61 Å². The van der Waals surface area contributed by atoms with E-state index >= 15 is 0 Å². The molecule has 0 unspecified atom stereocenters. The molecule has 1 saturated heterocycles. The van der Waals surface area contributed by atoms with Crippen LogP contribution in [0.5, 0.6) is 0 Å². The summed E-state index contributed by atoms with van der Waals surface area (Å²) in [5.74, 6) is -0.861. The van der Waals surface area contributed by atoms with Crippen molar-refractivity contribution in [3.8, 4) is 0 Å². The van der Waals surface area contributed by atoms with E-state index in [4.69, 9.17) is 0 Å². The first-order valence-electron chi connectivity index (χ1n) is 8.30. The van der Waals surface area contributed by atoms with Crippen LogP contribution in [0.15, 0.2) is 54.6 Å². The molecular formula is C18H20FN3O3S. The molecule has 1 heterocycles. The molecule has 138 valence electrons. The lowest BCUT2D eigenvalue weighted by Crippen LogP contribution is -2.51. The van der Waals surface area contributed by atoms with E-state index in [1.54, 1.807) is 0 Å². The highest BCUT2D eigenvalue weighted by atomic mass is 32.2. The van der Waals surface area contributed by atoms with Crippen molar-refractivity contribution >= 4 is 21.8 Å². The van der Waals surface area contributed by atoms with E-state index in [1.807, 2.05) is 30.3 Å². The lowest BCUT2D eigenvalue weighted by atomic mass is 10.2. The Bertz CT molecular complexity index is 857. The molecule has 8 heteroatoms. The zero-order chi connectivity index (χ0) is 18.6. The van der Waals surface area contributed by atoms with E-state index in [2.05, 4.69) is 5.32 Å². The van der Waals surface area contributed by atoms with Crippen molar-refractivity contribution in [1.29, 1.82) is 0 Å². The normalized spacial score (nSPS) is 17.7. The molecule has 6 nitrogen and oxygen atoms in total. The molecular weight excluding hydrogens is 357 g/mol. The van der Waals surface area contributed by atoms with Crippen LogP contribution >= 0.6 is 0 Å². The summed E-state index contributed by atoms with van der Waals surface area (Å²) >= 11 is 0. The van der Waals surface area contributed by atoms with Gasteiger partial charge in [-0.15, -0.1) is 0 Å². The zero-order valence-electron chi connectivity index (χ0n) is 14.1. The van der Waals surface area contributed by atoms with Crippen LogP contribution in [0, 0.1) is 5.82 Å². The molecule has 1 amide bonds. The number of nitrogens with one attached hydrogen (secondary N) is 1. The van der Waals surface area contributed by atoms with Crippen LogP contribution in [0.3, 0.4) is 0 Å². The number of hydrogen-bond acceptors (Lipinski definition) is 3. The molecule has 2 aromatic carbocycles. The smallest absolute Gasteiger partial charge is 0.282 e. The molecule has 0 bridgehead atoms. The van der Waals surface area contributed by atoms with E-state index in [0.29, 0.717) is 25.2 Å². The van der Waals surface area contributed by atoms with Gasteiger partial charge >= 0.3 is 0 Å². The van der Waals surface area contributed by atoms with Gasteiger partial charge in [0.2, 0.25) is 5.91 Å². The topological polar surface area (TPSA) is 69.7 Å². The molecule has 0 saturated carbocycles. The van der Waals surface area contributed by atoms with Crippen LogP contribution in [0.25, 0.3) is 0 Å². The molecule has 0 aliphatic carbocycles. The van der Waals surface area contributed by atoms with E-state index in [9.17, 15) is 17.6 Å². The average molecular weight is 377 g/mol. The number of nitrogens with zero attached hydrogens (tertiary/aromatic N) is 2. The fourth-order valence-electron chi connectivity index (χ4n) is 2.82. The predicted octanol–water partition coefficient (Wildman–Crippen LogP) is 2.22. The maximum absolute atomic E-state index is 12.9.